The van der Waals surface area contributed by atoms with E-state index in [2.05, 4.69) is 31.1 Å². The van der Waals surface area contributed by atoms with E-state index in [0.717, 1.165) is 25.4 Å². The molecule has 3 N–H and O–H groups in total. The predicted molar refractivity (Wildman–Crippen MR) is 105 cm³/mol. The topological polar surface area (TPSA) is 147 Å². The number of aliphatic carboxylic acids is 3. The van der Waals surface area contributed by atoms with Crippen molar-refractivity contribution >= 4 is 23.9 Å². The molecule has 1 aliphatic heterocycles. The van der Waals surface area contributed by atoms with Crippen molar-refractivity contribution in [2.24, 2.45) is 0 Å². The fourth-order valence-corrected chi connectivity index (χ4v) is 0.594. The van der Waals surface area contributed by atoms with Crippen LogP contribution in [-0.2, 0) is 28.7 Å². The molecule has 0 atom stereocenters. The SMILES string of the molecule is C1CCOC1.C=C(C)C(=O)O.C=C(C)C(=O)O.C=CC(=O)O.C=CC(=O)OC. The van der Waals surface area contributed by atoms with E-state index >= 15 is 0 Å². The van der Waals surface area contributed by atoms with Crippen molar-refractivity contribution < 1.29 is 44.0 Å². The number of hydrogen-bond donors (Lipinski definition) is 3. The van der Waals surface area contributed by atoms with Crippen molar-refractivity contribution in [3.05, 3.63) is 49.6 Å². The summed E-state index contributed by atoms with van der Waals surface area (Å²) in [6.45, 7) is 17.3. The number of esters is 1. The Morgan fingerprint density at radius 2 is 1.14 bits per heavy atom. The van der Waals surface area contributed by atoms with Crippen LogP contribution in [0.4, 0.5) is 0 Å². The molecule has 0 aromatic carbocycles. The van der Waals surface area contributed by atoms with E-state index in [-0.39, 0.29) is 11.1 Å². The number of hydrogen-bond acceptors (Lipinski definition) is 6. The Morgan fingerprint density at radius 1 is 0.857 bits per heavy atom. The van der Waals surface area contributed by atoms with Gasteiger partial charge in [-0.2, -0.15) is 0 Å². The van der Waals surface area contributed by atoms with E-state index in [9.17, 15) is 19.2 Å². The molecule has 0 radical (unpaired) electrons. The fraction of sp³-hybridized carbons (Fsp3) is 0.368. The standard InChI is InChI=1S/3C4H6O2.C4H8O.C3H4O2/c1-3-4(5)6-2;2*1-3(2)4(5)6;1-2-4-5-3-1;1-2-3(4)5/h3H,1H2,2H3;2*1H2,2H3,(H,5,6);1-4H2;2H,1H2,(H,4,5). The largest absolute Gasteiger partial charge is 0.478 e. The summed E-state index contributed by atoms with van der Waals surface area (Å²) in [5, 5.41) is 23.4. The van der Waals surface area contributed by atoms with Gasteiger partial charge in [0.15, 0.2) is 0 Å². The van der Waals surface area contributed by atoms with Crippen LogP contribution in [0.3, 0.4) is 0 Å². The molecular formula is C19H30O9. The van der Waals surface area contributed by atoms with Crippen molar-refractivity contribution in [2.75, 3.05) is 20.3 Å². The molecule has 160 valence electrons. The van der Waals surface area contributed by atoms with E-state index < -0.39 is 23.9 Å². The van der Waals surface area contributed by atoms with Gasteiger partial charge in [0.1, 0.15) is 0 Å². The second-order valence-corrected chi connectivity index (χ2v) is 4.76. The van der Waals surface area contributed by atoms with Crippen LogP contribution in [0.15, 0.2) is 49.6 Å². The molecule has 0 saturated carbocycles. The zero-order valence-electron chi connectivity index (χ0n) is 16.6. The van der Waals surface area contributed by atoms with Gasteiger partial charge in [-0.3, -0.25) is 0 Å². The molecule has 9 heteroatoms. The van der Waals surface area contributed by atoms with Gasteiger partial charge in [-0.1, -0.05) is 26.3 Å². The third-order valence-corrected chi connectivity index (χ3v) is 2.10. The number of carbonyl (C=O) groups is 4. The first kappa shape index (κ1) is 32.5. The van der Waals surface area contributed by atoms with Gasteiger partial charge in [0.25, 0.3) is 0 Å². The Kier molecular flexibility index (Phi) is 27.6. The molecule has 0 spiro atoms. The van der Waals surface area contributed by atoms with E-state index in [0.29, 0.717) is 0 Å². The van der Waals surface area contributed by atoms with Crippen LogP contribution in [0, 0.1) is 0 Å². The zero-order valence-corrected chi connectivity index (χ0v) is 16.6. The number of carbonyl (C=O) groups excluding carboxylic acids is 1. The summed E-state index contributed by atoms with van der Waals surface area (Å²) in [6.07, 6.45) is 4.50. The summed E-state index contributed by atoms with van der Waals surface area (Å²) in [6, 6.07) is 0. The van der Waals surface area contributed by atoms with E-state index in [4.69, 9.17) is 20.1 Å². The molecule has 0 unspecified atom stereocenters. The van der Waals surface area contributed by atoms with Crippen molar-refractivity contribution in [1.29, 1.82) is 0 Å². The maximum atomic E-state index is 9.84. The summed E-state index contributed by atoms with van der Waals surface area (Å²) in [4.78, 5) is 38.3. The predicted octanol–water partition coefficient (Wildman–Crippen LogP) is 2.69. The Bertz CT molecular complexity index is 470. The lowest BCUT2D eigenvalue weighted by molar-refractivity contribution is -0.135. The van der Waals surface area contributed by atoms with Gasteiger partial charge in [0, 0.05) is 36.5 Å². The molecule has 0 bridgehead atoms. The molecule has 0 aliphatic carbocycles. The summed E-state index contributed by atoms with van der Waals surface area (Å²) in [7, 11) is 1.31. The van der Waals surface area contributed by atoms with Gasteiger partial charge in [0.2, 0.25) is 0 Å². The van der Waals surface area contributed by atoms with Crippen molar-refractivity contribution in [3.8, 4) is 0 Å². The van der Waals surface area contributed by atoms with Gasteiger partial charge >= 0.3 is 23.9 Å². The maximum Gasteiger partial charge on any atom is 0.330 e. The van der Waals surface area contributed by atoms with Gasteiger partial charge in [-0.15, -0.1) is 0 Å². The van der Waals surface area contributed by atoms with Gasteiger partial charge in [-0.25, -0.2) is 19.2 Å². The molecule has 1 heterocycles. The molecule has 0 aromatic heterocycles. The fourth-order valence-electron chi connectivity index (χ4n) is 0.594. The van der Waals surface area contributed by atoms with E-state index in [1.807, 2.05) is 0 Å². The van der Waals surface area contributed by atoms with Crippen LogP contribution in [-0.4, -0.2) is 59.5 Å². The summed E-state index contributed by atoms with van der Waals surface area (Å²) >= 11 is 0. The highest BCUT2D eigenvalue weighted by molar-refractivity contribution is 5.85. The third kappa shape index (κ3) is 43.4. The van der Waals surface area contributed by atoms with E-state index in [1.54, 1.807) is 0 Å². The van der Waals surface area contributed by atoms with Gasteiger partial charge in [-0.05, 0) is 26.7 Å². The molecule has 9 nitrogen and oxygen atoms in total. The Morgan fingerprint density at radius 3 is 1.18 bits per heavy atom. The quantitative estimate of drug-likeness (QED) is 0.477. The number of methoxy groups -OCH3 is 1. The lowest BCUT2D eigenvalue weighted by Crippen LogP contribution is -1.92. The minimum atomic E-state index is -0.981. The maximum absolute atomic E-state index is 9.84. The summed E-state index contributed by atoms with van der Waals surface area (Å²) < 4.78 is 9.09. The van der Waals surface area contributed by atoms with E-state index in [1.165, 1.54) is 33.8 Å². The lowest BCUT2D eigenvalue weighted by Gasteiger charge is -1.83. The second-order valence-electron chi connectivity index (χ2n) is 4.76. The first-order valence-electron chi connectivity index (χ1n) is 7.78. The minimum absolute atomic E-state index is 0.176. The van der Waals surface area contributed by atoms with Crippen LogP contribution in [0.1, 0.15) is 26.7 Å². The molecule has 1 fully saturated rings. The average Bonchev–Trinajstić information content (AvgIpc) is 3.22. The molecule has 1 saturated heterocycles. The molecule has 1 aliphatic rings. The highest BCUT2D eigenvalue weighted by atomic mass is 16.5. The van der Waals surface area contributed by atoms with Crippen LogP contribution in [0.25, 0.3) is 0 Å². The first-order valence-corrected chi connectivity index (χ1v) is 7.78. The second kappa shape index (κ2) is 23.8. The summed E-state index contributed by atoms with van der Waals surface area (Å²) in [5.74, 6) is -3.25. The molecule has 0 amide bonds. The normalized spacial score (nSPS) is 10.1. The minimum Gasteiger partial charge on any atom is -0.478 e. The van der Waals surface area contributed by atoms with Crippen molar-refractivity contribution in [1.82, 2.24) is 0 Å². The van der Waals surface area contributed by atoms with Gasteiger partial charge < -0.3 is 24.8 Å². The van der Waals surface area contributed by atoms with Crippen LogP contribution < -0.4 is 0 Å². The van der Waals surface area contributed by atoms with Crippen molar-refractivity contribution in [3.63, 3.8) is 0 Å². The monoisotopic (exact) mass is 402 g/mol. The highest BCUT2D eigenvalue weighted by Crippen LogP contribution is 1.98. The number of carboxylic acids is 3. The number of rotatable bonds is 4. The molecule has 0 aromatic rings. The van der Waals surface area contributed by atoms with Crippen LogP contribution in [0.2, 0.25) is 0 Å². The van der Waals surface area contributed by atoms with Gasteiger partial charge in [0.05, 0.1) is 7.11 Å². The Hall–Kier alpha value is -3.20. The average molecular weight is 402 g/mol. The highest BCUT2D eigenvalue weighted by Gasteiger charge is 1.94. The molecule has 28 heavy (non-hydrogen) atoms. The van der Waals surface area contributed by atoms with Crippen molar-refractivity contribution in [2.45, 2.75) is 26.7 Å². The lowest BCUT2D eigenvalue weighted by atomic mass is 10.4. The van der Waals surface area contributed by atoms with Crippen LogP contribution >= 0.6 is 0 Å². The molecular weight excluding hydrogens is 372 g/mol. The third-order valence-electron chi connectivity index (χ3n) is 2.10. The summed E-state index contributed by atoms with van der Waals surface area (Å²) in [5.41, 5.74) is 0.352. The number of ether oxygens (including phenoxy) is 2. The first-order chi connectivity index (χ1) is 12.9. The Balaban J connectivity index is -0.000000129. The Labute approximate surface area is 165 Å². The zero-order chi connectivity index (χ0) is 23.1. The molecule has 1 rings (SSSR count). The number of carboxylic acid groups (broad SMARTS) is 3. The smallest absolute Gasteiger partial charge is 0.330 e. The van der Waals surface area contributed by atoms with Crippen LogP contribution in [0.5, 0.6) is 0 Å².